The van der Waals surface area contributed by atoms with Crippen molar-refractivity contribution in [2.75, 3.05) is 6.61 Å². The fraction of sp³-hybridized carbons (Fsp3) is 0.600. The van der Waals surface area contributed by atoms with E-state index >= 15 is 0 Å². The van der Waals surface area contributed by atoms with Gasteiger partial charge in [0.2, 0.25) is 0 Å². The molecule has 0 heterocycles. The molecule has 6 unspecified atom stereocenters. The van der Waals surface area contributed by atoms with Crippen LogP contribution in [0.4, 0.5) is 0 Å². The van der Waals surface area contributed by atoms with Crippen molar-refractivity contribution in [3.8, 4) is 0 Å². The standard InChI is InChI=1S/C20H26O5/c1-10(2)17-14-7-13(9-21)8-19(24)16(5-11(3)18(19)23)20(14,25)12(4)6-15(17)22/h5,7,12,14,16-17,21,24-25H,1,6,8-9H2,2-4H3. The summed E-state index contributed by atoms with van der Waals surface area (Å²) in [7, 11) is 0. The van der Waals surface area contributed by atoms with Crippen LogP contribution in [0, 0.1) is 23.7 Å². The van der Waals surface area contributed by atoms with E-state index in [1.54, 1.807) is 32.9 Å². The number of carbonyl (C=O) groups excluding carboxylic acids is 2. The molecule has 25 heavy (non-hydrogen) atoms. The first kappa shape index (κ1) is 18.2. The van der Waals surface area contributed by atoms with E-state index in [-0.39, 0.29) is 25.2 Å². The van der Waals surface area contributed by atoms with Crippen molar-refractivity contribution in [1.29, 1.82) is 0 Å². The molecule has 5 heteroatoms. The minimum Gasteiger partial charge on any atom is -0.392 e. The van der Waals surface area contributed by atoms with E-state index in [1.807, 2.05) is 0 Å². The lowest BCUT2D eigenvalue weighted by molar-refractivity contribution is -0.176. The van der Waals surface area contributed by atoms with Gasteiger partial charge in [-0.3, -0.25) is 9.59 Å². The first-order chi connectivity index (χ1) is 11.6. The monoisotopic (exact) mass is 346 g/mol. The van der Waals surface area contributed by atoms with Gasteiger partial charge in [0.1, 0.15) is 11.4 Å². The maximum atomic E-state index is 12.7. The number of rotatable bonds is 2. The number of aliphatic hydroxyl groups excluding tert-OH is 1. The minimum atomic E-state index is -1.78. The van der Waals surface area contributed by atoms with Crippen molar-refractivity contribution in [2.24, 2.45) is 23.7 Å². The van der Waals surface area contributed by atoms with Gasteiger partial charge in [0.25, 0.3) is 0 Å². The molecule has 3 aliphatic carbocycles. The van der Waals surface area contributed by atoms with Gasteiger partial charge in [-0.05, 0) is 30.9 Å². The van der Waals surface area contributed by atoms with E-state index in [1.165, 1.54) is 0 Å². The van der Waals surface area contributed by atoms with Crippen molar-refractivity contribution < 1.29 is 24.9 Å². The van der Waals surface area contributed by atoms with E-state index in [0.29, 0.717) is 16.7 Å². The van der Waals surface area contributed by atoms with Gasteiger partial charge in [-0.15, -0.1) is 0 Å². The van der Waals surface area contributed by atoms with Crippen molar-refractivity contribution >= 4 is 11.6 Å². The Labute approximate surface area is 147 Å². The third-order valence-electron chi connectivity index (χ3n) is 6.36. The average Bonchev–Trinajstić information content (AvgIpc) is 2.69. The quantitative estimate of drug-likeness (QED) is 0.656. The molecule has 0 saturated heterocycles. The van der Waals surface area contributed by atoms with Crippen LogP contribution in [-0.4, -0.2) is 44.7 Å². The van der Waals surface area contributed by atoms with Crippen LogP contribution in [-0.2, 0) is 9.59 Å². The van der Waals surface area contributed by atoms with Crippen LogP contribution >= 0.6 is 0 Å². The third kappa shape index (κ3) is 2.33. The number of fused-ring (bicyclic) bond motifs is 3. The summed E-state index contributed by atoms with van der Waals surface area (Å²) in [5.41, 5.74) is -1.72. The molecule has 1 fully saturated rings. The number of ketones is 2. The normalized spacial score (nSPS) is 43.8. The topological polar surface area (TPSA) is 94.8 Å². The van der Waals surface area contributed by atoms with E-state index in [4.69, 9.17) is 0 Å². The van der Waals surface area contributed by atoms with Crippen molar-refractivity contribution in [3.05, 3.63) is 35.5 Å². The highest BCUT2D eigenvalue weighted by Gasteiger charge is 2.65. The summed E-state index contributed by atoms with van der Waals surface area (Å²) in [6, 6.07) is 0. The molecule has 0 bridgehead atoms. The number of carbonyl (C=O) groups is 2. The van der Waals surface area contributed by atoms with E-state index in [2.05, 4.69) is 6.58 Å². The molecular weight excluding hydrogens is 320 g/mol. The van der Waals surface area contributed by atoms with Gasteiger partial charge in [0.15, 0.2) is 5.78 Å². The van der Waals surface area contributed by atoms with Crippen LogP contribution in [0.1, 0.15) is 33.6 Å². The highest BCUT2D eigenvalue weighted by molar-refractivity contribution is 6.05. The molecule has 0 radical (unpaired) electrons. The van der Waals surface area contributed by atoms with Gasteiger partial charge in [0.05, 0.1) is 12.2 Å². The summed E-state index contributed by atoms with van der Waals surface area (Å²) in [5, 5.41) is 32.7. The molecule has 136 valence electrons. The van der Waals surface area contributed by atoms with E-state index < -0.39 is 40.7 Å². The van der Waals surface area contributed by atoms with Crippen LogP contribution in [0.2, 0.25) is 0 Å². The van der Waals surface area contributed by atoms with Gasteiger partial charge in [-0.25, -0.2) is 0 Å². The zero-order valence-electron chi connectivity index (χ0n) is 15.0. The maximum absolute atomic E-state index is 12.7. The lowest BCUT2D eigenvalue weighted by atomic mass is 9.56. The Bertz CT molecular complexity index is 718. The Balaban J connectivity index is 2.26. The Morgan fingerprint density at radius 1 is 1.32 bits per heavy atom. The molecular formula is C20H26O5. The molecule has 0 amide bonds. The summed E-state index contributed by atoms with van der Waals surface area (Å²) in [5.74, 6) is -2.88. The molecule has 0 aromatic heterocycles. The number of hydrogen-bond acceptors (Lipinski definition) is 5. The third-order valence-corrected chi connectivity index (χ3v) is 6.36. The number of allylic oxidation sites excluding steroid dienone is 1. The molecule has 3 rings (SSSR count). The average molecular weight is 346 g/mol. The molecule has 5 nitrogen and oxygen atoms in total. The van der Waals surface area contributed by atoms with Crippen LogP contribution in [0.3, 0.4) is 0 Å². The highest BCUT2D eigenvalue weighted by atomic mass is 16.3. The molecule has 0 aliphatic heterocycles. The number of hydrogen-bond donors (Lipinski definition) is 3. The predicted molar refractivity (Wildman–Crippen MR) is 92.5 cm³/mol. The maximum Gasteiger partial charge on any atom is 0.190 e. The summed E-state index contributed by atoms with van der Waals surface area (Å²) < 4.78 is 0. The second-order valence-electron chi connectivity index (χ2n) is 8.05. The molecule has 0 spiro atoms. The molecule has 0 aromatic carbocycles. The molecule has 6 atom stereocenters. The van der Waals surface area contributed by atoms with Crippen molar-refractivity contribution in [1.82, 2.24) is 0 Å². The van der Waals surface area contributed by atoms with Gasteiger partial charge in [-0.1, -0.05) is 31.2 Å². The lowest BCUT2D eigenvalue weighted by Gasteiger charge is -2.51. The zero-order valence-corrected chi connectivity index (χ0v) is 15.0. The van der Waals surface area contributed by atoms with Gasteiger partial charge in [0, 0.05) is 30.6 Å². The summed E-state index contributed by atoms with van der Waals surface area (Å²) >= 11 is 0. The van der Waals surface area contributed by atoms with Crippen LogP contribution in [0.5, 0.6) is 0 Å². The van der Waals surface area contributed by atoms with E-state index in [9.17, 15) is 24.9 Å². The van der Waals surface area contributed by atoms with Crippen LogP contribution in [0.25, 0.3) is 0 Å². The fourth-order valence-electron chi connectivity index (χ4n) is 5.13. The van der Waals surface area contributed by atoms with Crippen LogP contribution in [0.15, 0.2) is 35.5 Å². The minimum absolute atomic E-state index is 0.00122. The second-order valence-corrected chi connectivity index (χ2v) is 8.05. The Morgan fingerprint density at radius 3 is 2.52 bits per heavy atom. The van der Waals surface area contributed by atoms with Gasteiger partial charge in [-0.2, -0.15) is 0 Å². The fourth-order valence-corrected chi connectivity index (χ4v) is 5.13. The van der Waals surface area contributed by atoms with Gasteiger partial charge >= 0.3 is 0 Å². The molecule has 1 saturated carbocycles. The Kier molecular flexibility index (Phi) is 4.18. The number of aliphatic hydroxyl groups is 3. The SMILES string of the molecule is C=C(C)C1C(=O)CC(C)C2(O)C1C=C(CO)CC1(O)C(=O)C(C)=CC12. The first-order valence-corrected chi connectivity index (χ1v) is 8.73. The van der Waals surface area contributed by atoms with E-state index in [0.717, 1.165) is 0 Å². The van der Waals surface area contributed by atoms with Crippen LogP contribution < -0.4 is 0 Å². The first-order valence-electron chi connectivity index (χ1n) is 8.73. The Morgan fingerprint density at radius 2 is 1.96 bits per heavy atom. The number of Topliss-reactive ketones (excluding diaryl/α,β-unsaturated/α-hetero) is 2. The molecule has 0 aromatic rings. The van der Waals surface area contributed by atoms with Gasteiger partial charge < -0.3 is 15.3 Å². The largest absolute Gasteiger partial charge is 0.392 e. The molecule has 3 N–H and O–H groups in total. The highest BCUT2D eigenvalue weighted by Crippen LogP contribution is 2.56. The molecule has 3 aliphatic rings. The second kappa shape index (κ2) is 5.73. The smallest absolute Gasteiger partial charge is 0.190 e. The summed E-state index contributed by atoms with van der Waals surface area (Å²) in [6.45, 7) is 8.75. The summed E-state index contributed by atoms with van der Waals surface area (Å²) in [6.07, 6.45) is 3.47. The lowest BCUT2D eigenvalue weighted by Crippen LogP contribution is -2.62. The Hall–Kier alpha value is -1.56. The predicted octanol–water partition coefficient (Wildman–Crippen LogP) is 1.33. The van der Waals surface area contributed by atoms with Crippen molar-refractivity contribution in [3.63, 3.8) is 0 Å². The summed E-state index contributed by atoms with van der Waals surface area (Å²) in [4.78, 5) is 25.3. The zero-order chi connectivity index (χ0) is 18.7. The van der Waals surface area contributed by atoms with Crippen molar-refractivity contribution in [2.45, 2.75) is 44.8 Å².